The van der Waals surface area contributed by atoms with Gasteiger partial charge in [-0.25, -0.2) is 4.98 Å². The summed E-state index contributed by atoms with van der Waals surface area (Å²) in [7, 11) is 0. The third-order valence-electron chi connectivity index (χ3n) is 2.77. The summed E-state index contributed by atoms with van der Waals surface area (Å²) in [5.74, 6) is 1.65. The SMILES string of the molecule is CCCNc1nc(-c2csc(C)c2)nc(-n2cncn2)n1. The fourth-order valence-corrected chi connectivity index (χ4v) is 2.47. The molecule has 0 amide bonds. The molecule has 0 aromatic carbocycles. The number of rotatable bonds is 5. The normalized spacial score (nSPS) is 10.8. The van der Waals surface area contributed by atoms with Gasteiger partial charge in [-0.15, -0.1) is 11.3 Å². The van der Waals surface area contributed by atoms with E-state index in [0.29, 0.717) is 17.7 Å². The molecular weight excluding hydrogens is 286 g/mol. The molecule has 3 aromatic rings. The van der Waals surface area contributed by atoms with Gasteiger partial charge >= 0.3 is 0 Å². The maximum atomic E-state index is 4.48. The molecule has 108 valence electrons. The summed E-state index contributed by atoms with van der Waals surface area (Å²) in [6.07, 6.45) is 4.02. The van der Waals surface area contributed by atoms with Gasteiger partial charge in [-0.05, 0) is 19.4 Å². The number of nitrogens with zero attached hydrogens (tertiary/aromatic N) is 6. The first-order chi connectivity index (χ1) is 10.3. The van der Waals surface area contributed by atoms with Crippen molar-refractivity contribution >= 4 is 17.3 Å². The molecule has 0 radical (unpaired) electrons. The van der Waals surface area contributed by atoms with Crippen molar-refractivity contribution in [2.24, 2.45) is 0 Å². The zero-order chi connectivity index (χ0) is 14.7. The van der Waals surface area contributed by atoms with Gasteiger partial charge in [-0.3, -0.25) is 0 Å². The van der Waals surface area contributed by atoms with Crippen LogP contribution in [-0.4, -0.2) is 36.3 Å². The van der Waals surface area contributed by atoms with Crippen molar-refractivity contribution in [3.05, 3.63) is 29.0 Å². The van der Waals surface area contributed by atoms with E-state index < -0.39 is 0 Å². The molecule has 0 saturated heterocycles. The van der Waals surface area contributed by atoms with E-state index >= 15 is 0 Å². The highest BCUT2D eigenvalue weighted by molar-refractivity contribution is 7.10. The smallest absolute Gasteiger partial charge is 0.257 e. The standard InChI is InChI=1S/C13H15N7S/c1-3-4-15-12-17-11(10-5-9(2)21-6-10)18-13(19-12)20-8-14-7-16-20/h5-8H,3-4H2,1-2H3,(H,15,17,18,19). The van der Waals surface area contributed by atoms with Crippen LogP contribution in [0.5, 0.6) is 0 Å². The van der Waals surface area contributed by atoms with Gasteiger partial charge < -0.3 is 5.32 Å². The van der Waals surface area contributed by atoms with Gasteiger partial charge in [-0.1, -0.05) is 6.92 Å². The molecule has 3 heterocycles. The first-order valence-electron chi connectivity index (χ1n) is 6.66. The number of aryl methyl sites for hydroxylation is 1. The second-order valence-electron chi connectivity index (χ2n) is 4.50. The lowest BCUT2D eigenvalue weighted by atomic mass is 10.3. The molecule has 0 aliphatic carbocycles. The number of nitrogens with one attached hydrogen (secondary N) is 1. The molecular formula is C13H15N7S. The Morgan fingerprint density at radius 3 is 2.86 bits per heavy atom. The molecule has 0 bridgehead atoms. The van der Waals surface area contributed by atoms with Crippen molar-refractivity contribution in [1.82, 2.24) is 29.7 Å². The first kappa shape index (κ1) is 13.6. The van der Waals surface area contributed by atoms with Crippen molar-refractivity contribution < 1.29 is 0 Å². The number of hydrogen-bond acceptors (Lipinski definition) is 7. The minimum absolute atomic E-state index is 0.458. The molecule has 3 rings (SSSR count). The summed E-state index contributed by atoms with van der Waals surface area (Å²) in [5, 5.41) is 9.31. The third kappa shape index (κ3) is 3.05. The minimum Gasteiger partial charge on any atom is -0.354 e. The van der Waals surface area contributed by atoms with E-state index in [4.69, 9.17) is 0 Å². The van der Waals surface area contributed by atoms with Crippen LogP contribution in [0, 0.1) is 6.92 Å². The number of thiophene rings is 1. The van der Waals surface area contributed by atoms with Gasteiger partial charge in [0.2, 0.25) is 5.95 Å². The molecule has 1 N–H and O–H groups in total. The summed E-state index contributed by atoms with van der Waals surface area (Å²) >= 11 is 1.67. The van der Waals surface area contributed by atoms with Crippen molar-refractivity contribution in [2.45, 2.75) is 20.3 Å². The second-order valence-corrected chi connectivity index (χ2v) is 5.61. The van der Waals surface area contributed by atoms with Crippen molar-refractivity contribution in [1.29, 1.82) is 0 Å². The van der Waals surface area contributed by atoms with Gasteiger partial charge in [0, 0.05) is 22.4 Å². The molecule has 0 aliphatic heterocycles. The molecule has 21 heavy (non-hydrogen) atoms. The van der Waals surface area contributed by atoms with Crippen LogP contribution in [0.3, 0.4) is 0 Å². The maximum absolute atomic E-state index is 4.48. The number of anilines is 1. The lowest BCUT2D eigenvalue weighted by molar-refractivity contribution is 0.794. The van der Waals surface area contributed by atoms with E-state index in [1.165, 1.54) is 15.9 Å². The van der Waals surface area contributed by atoms with E-state index in [1.807, 2.05) is 5.38 Å². The average Bonchev–Trinajstić information content (AvgIpc) is 3.16. The van der Waals surface area contributed by atoms with Gasteiger partial charge in [0.1, 0.15) is 12.7 Å². The van der Waals surface area contributed by atoms with Crippen LogP contribution in [0.1, 0.15) is 18.2 Å². The Hall–Kier alpha value is -2.35. The summed E-state index contributed by atoms with van der Waals surface area (Å²) < 4.78 is 1.53. The van der Waals surface area contributed by atoms with E-state index in [-0.39, 0.29) is 0 Å². The van der Waals surface area contributed by atoms with Crippen LogP contribution in [0.2, 0.25) is 0 Å². The highest BCUT2D eigenvalue weighted by Gasteiger charge is 2.11. The summed E-state index contributed by atoms with van der Waals surface area (Å²) in [4.78, 5) is 18.5. The van der Waals surface area contributed by atoms with Crippen LogP contribution in [0.4, 0.5) is 5.95 Å². The fourth-order valence-electron chi connectivity index (χ4n) is 1.78. The fraction of sp³-hybridized carbons (Fsp3) is 0.308. The Kier molecular flexibility index (Phi) is 3.87. The van der Waals surface area contributed by atoms with Crippen molar-refractivity contribution in [3.63, 3.8) is 0 Å². The highest BCUT2D eigenvalue weighted by atomic mass is 32.1. The molecule has 0 aliphatic rings. The van der Waals surface area contributed by atoms with Gasteiger partial charge in [0.25, 0.3) is 5.95 Å². The topological polar surface area (TPSA) is 81.4 Å². The maximum Gasteiger partial charge on any atom is 0.257 e. The van der Waals surface area contributed by atoms with E-state index in [9.17, 15) is 0 Å². The Morgan fingerprint density at radius 1 is 1.29 bits per heavy atom. The van der Waals surface area contributed by atoms with E-state index in [0.717, 1.165) is 18.5 Å². The average molecular weight is 301 g/mol. The van der Waals surface area contributed by atoms with E-state index in [2.05, 4.69) is 50.3 Å². The van der Waals surface area contributed by atoms with Gasteiger partial charge in [0.15, 0.2) is 5.82 Å². The van der Waals surface area contributed by atoms with Crippen LogP contribution >= 0.6 is 11.3 Å². The first-order valence-corrected chi connectivity index (χ1v) is 7.54. The molecule has 7 nitrogen and oxygen atoms in total. The van der Waals surface area contributed by atoms with E-state index in [1.54, 1.807) is 17.7 Å². The van der Waals surface area contributed by atoms with Crippen LogP contribution in [-0.2, 0) is 0 Å². The molecule has 8 heteroatoms. The van der Waals surface area contributed by atoms with Crippen LogP contribution < -0.4 is 5.32 Å². The molecule has 0 spiro atoms. The van der Waals surface area contributed by atoms with Gasteiger partial charge in [0.05, 0.1) is 0 Å². The molecule has 3 aromatic heterocycles. The highest BCUT2D eigenvalue weighted by Crippen LogP contribution is 2.23. The van der Waals surface area contributed by atoms with Gasteiger partial charge in [-0.2, -0.15) is 24.7 Å². The monoisotopic (exact) mass is 301 g/mol. The Balaban J connectivity index is 2.04. The minimum atomic E-state index is 0.458. The van der Waals surface area contributed by atoms with Crippen LogP contribution in [0.15, 0.2) is 24.1 Å². The lowest BCUT2D eigenvalue weighted by Gasteiger charge is -2.07. The van der Waals surface area contributed by atoms with Crippen LogP contribution in [0.25, 0.3) is 17.3 Å². The number of hydrogen-bond donors (Lipinski definition) is 1. The Labute approximate surface area is 126 Å². The molecule has 0 unspecified atom stereocenters. The Bertz CT molecular complexity index is 720. The summed E-state index contributed by atoms with van der Waals surface area (Å²) in [6, 6.07) is 2.06. The van der Waals surface area contributed by atoms with Crippen molar-refractivity contribution in [2.75, 3.05) is 11.9 Å². The zero-order valence-corrected chi connectivity index (χ0v) is 12.6. The lowest BCUT2D eigenvalue weighted by Crippen LogP contribution is -2.10. The molecule has 0 saturated carbocycles. The predicted octanol–water partition coefficient (Wildman–Crippen LogP) is 2.31. The predicted molar refractivity (Wildman–Crippen MR) is 81.6 cm³/mol. The Morgan fingerprint density at radius 2 is 2.19 bits per heavy atom. The summed E-state index contributed by atoms with van der Waals surface area (Å²) in [6.45, 7) is 4.96. The number of aromatic nitrogens is 6. The third-order valence-corrected chi connectivity index (χ3v) is 3.63. The zero-order valence-electron chi connectivity index (χ0n) is 11.8. The summed E-state index contributed by atoms with van der Waals surface area (Å²) in [5.41, 5.74) is 0.987. The quantitative estimate of drug-likeness (QED) is 0.779. The molecule has 0 fully saturated rings. The largest absolute Gasteiger partial charge is 0.354 e. The van der Waals surface area contributed by atoms with Crippen molar-refractivity contribution in [3.8, 4) is 17.3 Å². The molecule has 0 atom stereocenters. The second kappa shape index (κ2) is 5.96.